The van der Waals surface area contributed by atoms with Crippen molar-refractivity contribution in [3.63, 3.8) is 0 Å². The van der Waals surface area contributed by atoms with Gasteiger partial charge in [0, 0.05) is 25.7 Å². The lowest BCUT2D eigenvalue weighted by atomic mass is 10.2. The van der Waals surface area contributed by atoms with Gasteiger partial charge in [-0.3, -0.25) is 9.48 Å². The molecular weight excluding hydrogens is 271 g/mol. The number of rotatable bonds is 4. The lowest BCUT2D eigenvalue weighted by molar-refractivity contribution is -0.140. The summed E-state index contributed by atoms with van der Waals surface area (Å²) < 4.78 is 38.4. The molecule has 18 heavy (non-hydrogen) atoms. The van der Waals surface area contributed by atoms with Crippen LogP contribution in [0.5, 0.6) is 0 Å². The van der Waals surface area contributed by atoms with Gasteiger partial charge in [0.2, 0.25) is 0 Å². The number of amides is 1. The molecular formula is C10H13ClF3N3O. The molecule has 0 aliphatic carbocycles. The van der Waals surface area contributed by atoms with Gasteiger partial charge in [-0.05, 0) is 6.92 Å². The van der Waals surface area contributed by atoms with Crippen LogP contribution in [0, 0.1) is 6.92 Å². The summed E-state index contributed by atoms with van der Waals surface area (Å²) in [5.41, 5.74) is 0.552. The maximum Gasteiger partial charge on any atom is 0.406 e. The molecule has 0 bridgehead atoms. The number of carbonyl (C=O) groups is 1. The summed E-state index contributed by atoms with van der Waals surface area (Å²) in [6, 6.07) is 0. The molecule has 0 unspecified atom stereocenters. The number of carbonyl (C=O) groups excluding carboxylic acids is 1. The molecule has 0 aliphatic rings. The summed E-state index contributed by atoms with van der Waals surface area (Å²) in [5, 5.41) is 3.93. The number of hydrogen-bond donors (Lipinski definition) is 0. The van der Waals surface area contributed by atoms with Crippen LogP contribution in [0.2, 0.25) is 0 Å². The first-order chi connectivity index (χ1) is 8.24. The number of nitrogens with zero attached hydrogens (tertiary/aromatic N) is 3. The van der Waals surface area contributed by atoms with Crippen molar-refractivity contribution in [1.29, 1.82) is 0 Å². The second-order valence-electron chi connectivity index (χ2n) is 3.83. The van der Waals surface area contributed by atoms with E-state index in [0.29, 0.717) is 10.6 Å². The Kier molecular flexibility index (Phi) is 4.61. The third-order valence-electron chi connectivity index (χ3n) is 2.26. The van der Waals surface area contributed by atoms with E-state index in [-0.39, 0.29) is 18.0 Å². The van der Waals surface area contributed by atoms with Crippen molar-refractivity contribution in [1.82, 2.24) is 14.7 Å². The second kappa shape index (κ2) is 5.60. The Morgan fingerprint density at radius 1 is 1.56 bits per heavy atom. The Balaban J connectivity index is 2.92. The highest BCUT2D eigenvalue weighted by Gasteiger charge is 2.33. The average Bonchev–Trinajstić information content (AvgIpc) is 2.54. The lowest BCUT2D eigenvalue weighted by Gasteiger charge is -2.22. The minimum Gasteiger partial charge on any atom is -0.328 e. The van der Waals surface area contributed by atoms with Gasteiger partial charge in [-0.2, -0.15) is 18.3 Å². The van der Waals surface area contributed by atoms with Crippen LogP contribution in [-0.4, -0.2) is 45.7 Å². The minimum absolute atomic E-state index is 0.0544. The Morgan fingerprint density at radius 3 is 2.56 bits per heavy atom. The van der Waals surface area contributed by atoms with Crippen molar-refractivity contribution in [2.45, 2.75) is 13.1 Å². The quantitative estimate of drug-likeness (QED) is 0.793. The third-order valence-corrected chi connectivity index (χ3v) is 2.42. The molecule has 4 nitrogen and oxygen atoms in total. The fourth-order valence-electron chi connectivity index (χ4n) is 1.55. The van der Waals surface area contributed by atoms with Gasteiger partial charge in [0.15, 0.2) is 0 Å². The Morgan fingerprint density at radius 2 is 2.17 bits per heavy atom. The first kappa shape index (κ1) is 14.8. The summed E-state index contributed by atoms with van der Waals surface area (Å²) >= 11 is 5.42. The van der Waals surface area contributed by atoms with Crippen LogP contribution in [0.25, 0.3) is 0 Å². The molecule has 0 aliphatic heterocycles. The van der Waals surface area contributed by atoms with Crippen molar-refractivity contribution >= 4 is 17.5 Å². The molecule has 0 N–H and O–H groups in total. The van der Waals surface area contributed by atoms with E-state index in [4.69, 9.17) is 11.6 Å². The molecule has 0 atom stereocenters. The normalized spacial score (nSPS) is 11.7. The van der Waals surface area contributed by atoms with E-state index >= 15 is 0 Å². The highest BCUT2D eigenvalue weighted by Crippen LogP contribution is 2.19. The van der Waals surface area contributed by atoms with Crippen LogP contribution >= 0.6 is 11.6 Å². The molecule has 0 saturated carbocycles. The molecule has 1 aromatic rings. The van der Waals surface area contributed by atoms with E-state index < -0.39 is 18.6 Å². The van der Waals surface area contributed by atoms with E-state index in [1.54, 1.807) is 14.0 Å². The zero-order valence-electron chi connectivity index (χ0n) is 9.96. The maximum atomic E-state index is 12.4. The molecule has 0 aromatic carbocycles. The predicted octanol–water partition coefficient (Wildman–Crippen LogP) is 1.97. The largest absolute Gasteiger partial charge is 0.406 e. The zero-order chi connectivity index (χ0) is 13.9. The molecule has 1 amide bonds. The van der Waals surface area contributed by atoms with Gasteiger partial charge in [0.1, 0.15) is 6.54 Å². The molecule has 1 aromatic heterocycles. The molecule has 1 heterocycles. The van der Waals surface area contributed by atoms with Crippen LogP contribution in [-0.2, 0) is 7.05 Å². The molecule has 1 rings (SSSR count). The van der Waals surface area contributed by atoms with Crippen molar-refractivity contribution < 1.29 is 18.0 Å². The molecule has 0 radical (unpaired) electrons. The van der Waals surface area contributed by atoms with Gasteiger partial charge >= 0.3 is 6.18 Å². The van der Waals surface area contributed by atoms with Gasteiger partial charge in [-0.1, -0.05) is 0 Å². The average molecular weight is 284 g/mol. The summed E-state index contributed by atoms with van der Waals surface area (Å²) in [4.78, 5) is 12.6. The summed E-state index contributed by atoms with van der Waals surface area (Å²) in [7, 11) is 1.60. The Hall–Kier alpha value is -1.24. The van der Waals surface area contributed by atoms with E-state index in [0.717, 1.165) is 0 Å². The Bertz CT molecular complexity index is 430. The topological polar surface area (TPSA) is 38.1 Å². The van der Waals surface area contributed by atoms with Gasteiger partial charge in [-0.25, -0.2) is 0 Å². The standard InChI is InChI=1S/C10H13ClF3N3O/c1-7-8(5-16(2)15-7)9(18)17(4-3-11)6-10(12,13)14/h5H,3-4,6H2,1-2H3. The fraction of sp³-hybridized carbons (Fsp3) is 0.600. The number of aromatic nitrogens is 2. The van der Waals surface area contributed by atoms with Gasteiger partial charge < -0.3 is 4.90 Å². The SMILES string of the molecule is Cc1nn(C)cc1C(=O)N(CCCl)CC(F)(F)F. The molecule has 8 heteroatoms. The van der Waals surface area contributed by atoms with Crippen LogP contribution in [0.15, 0.2) is 6.20 Å². The van der Waals surface area contributed by atoms with Crippen molar-refractivity contribution in [3.8, 4) is 0 Å². The molecule has 102 valence electrons. The summed E-state index contributed by atoms with van der Waals surface area (Å²) in [5.74, 6) is -0.764. The van der Waals surface area contributed by atoms with Crippen molar-refractivity contribution in [3.05, 3.63) is 17.5 Å². The van der Waals surface area contributed by atoms with Crippen LogP contribution < -0.4 is 0 Å². The van der Waals surface area contributed by atoms with Crippen LogP contribution in [0.1, 0.15) is 16.1 Å². The predicted molar refractivity (Wildman–Crippen MR) is 60.6 cm³/mol. The van der Waals surface area contributed by atoms with Crippen molar-refractivity contribution in [2.24, 2.45) is 7.05 Å². The van der Waals surface area contributed by atoms with E-state index in [9.17, 15) is 18.0 Å². The van der Waals surface area contributed by atoms with Gasteiger partial charge in [0.05, 0.1) is 11.3 Å². The molecule has 0 saturated heterocycles. The highest BCUT2D eigenvalue weighted by atomic mass is 35.5. The summed E-state index contributed by atoms with van der Waals surface area (Å²) in [6.45, 7) is 0.0980. The number of halogens is 4. The summed E-state index contributed by atoms with van der Waals surface area (Å²) in [6.07, 6.45) is -3.05. The number of alkyl halides is 4. The van der Waals surface area contributed by atoms with E-state index in [1.807, 2.05) is 0 Å². The van der Waals surface area contributed by atoms with E-state index in [1.165, 1.54) is 10.9 Å². The van der Waals surface area contributed by atoms with Gasteiger partial charge in [0.25, 0.3) is 5.91 Å². The second-order valence-corrected chi connectivity index (χ2v) is 4.21. The van der Waals surface area contributed by atoms with Crippen molar-refractivity contribution in [2.75, 3.05) is 19.0 Å². The molecule has 0 fully saturated rings. The minimum atomic E-state index is -4.45. The molecule has 0 spiro atoms. The van der Waals surface area contributed by atoms with Crippen LogP contribution in [0.4, 0.5) is 13.2 Å². The third kappa shape index (κ3) is 3.90. The van der Waals surface area contributed by atoms with Crippen LogP contribution in [0.3, 0.4) is 0 Å². The first-order valence-corrected chi connectivity index (χ1v) is 5.70. The van der Waals surface area contributed by atoms with Gasteiger partial charge in [-0.15, -0.1) is 11.6 Å². The number of aryl methyl sites for hydroxylation is 2. The first-order valence-electron chi connectivity index (χ1n) is 5.17. The Labute approximate surface area is 107 Å². The lowest BCUT2D eigenvalue weighted by Crippen LogP contribution is -2.40. The zero-order valence-corrected chi connectivity index (χ0v) is 10.7. The smallest absolute Gasteiger partial charge is 0.328 e. The number of hydrogen-bond acceptors (Lipinski definition) is 2. The monoisotopic (exact) mass is 283 g/mol. The highest BCUT2D eigenvalue weighted by molar-refractivity contribution is 6.18. The fourth-order valence-corrected chi connectivity index (χ4v) is 1.75. The van der Waals surface area contributed by atoms with E-state index in [2.05, 4.69) is 5.10 Å². The maximum absolute atomic E-state index is 12.4.